The molecular weight excluding hydrogens is 108 g/mol. The van der Waals surface area contributed by atoms with Gasteiger partial charge in [-0.2, -0.15) is 0 Å². The van der Waals surface area contributed by atoms with Gasteiger partial charge in [0.1, 0.15) is 0 Å². The van der Waals surface area contributed by atoms with Crippen LogP contribution < -0.4 is 0 Å². The summed E-state index contributed by atoms with van der Waals surface area (Å²) in [6.07, 6.45) is 1.68. The predicted octanol–water partition coefficient (Wildman–Crippen LogP) is -0.431. The van der Waals surface area contributed by atoms with Crippen LogP contribution in [0.15, 0.2) is 12.7 Å². The summed E-state index contributed by atoms with van der Waals surface area (Å²) in [4.78, 5) is 8.24. The summed E-state index contributed by atoms with van der Waals surface area (Å²) in [5.41, 5.74) is 0. The molecule has 2 nitrogen and oxygen atoms in total. The van der Waals surface area contributed by atoms with Gasteiger partial charge in [0.25, 0.3) is 0 Å². The molecule has 0 saturated carbocycles. The van der Waals surface area contributed by atoms with Gasteiger partial charge < -0.3 is 9.22 Å². The molecule has 0 aromatic carbocycles. The molecule has 0 spiro atoms. The summed E-state index contributed by atoms with van der Waals surface area (Å²) in [5.74, 6) is 0. The second-order valence-electron chi connectivity index (χ2n) is 1.24. The van der Waals surface area contributed by atoms with E-state index in [1.807, 2.05) is 6.92 Å². The van der Waals surface area contributed by atoms with Crippen LogP contribution in [-0.4, -0.2) is 20.9 Å². The quantitative estimate of drug-likeness (QED) is 0.402. The molecule has 0 aromatic heterocycles. The lowest BCUT2D eigenvalue weighted by Gasteiger charge is -2.01. The number of rotatable bonds is 3. The summed E-state index contributed by atoms with van der Waals surface area (Å²) >= 11 is 0. The summed E-state index contributed by atoms with van der Waals surface area (Å²) in [5, 5.41) is 0. The van der Waals surface area contributed by atoms with E-state index in [1.54, 1.807) is 6.08 Å². The van der Waals surface area contributed by atoms with Crippen LogP contribution in [0.1, 0.15) is 6.92 Å². The van der Waals surface area contributed by atoms with Crippen molar-refractivity contribution in [1.82, 2.24) is 0 Å². The van der Waals surface area contributed by atoms with Gasteiger partial charge in [-0.3, -0.25) is 0 Å². The minimum absolute atomic E-state index is 0.0247. The average Bonchev–Trinajstić information content (AvgIpc) is 1.68. The van der Waals surface area contributed by atoms with Gasteiger partial charge in [-0.05, 0) is 6.92 Å². The molecule has 0 heterocycles. The third-order valence-corrected chi connectivity index (χ3v) is 1.34. The van der Waals surface area contributed by atoms with Crippen molar-refractivity contribution in [3.05, 3.63) is 12.7 Å². The Balaban J connectivity index is 2.98. The van der Waals surface area contributed by atoms with Gasteiger partial charge in [0, 0.05) is 0 Å². The Kier molecular flexibility index (Phi) is 3.98. The molecule has 0 aliphatic heterocycles. The lowest BCUT2D eigenvalue weighted by Crippen LogP contribution is -2.06. The van der Waals surface area contributed by atoms with E-state index in [-0.39, 0.29) is 6.10 Å². The third-order valence-electron chi connectivity index (χ3n) is 0.669. The van der Waals surface area contributed by atoms with E-state index in [1.165, 1.54) is 0 Å². The van der Waals surface area contributed by atoms with Crippen LogP contribution in [0.2, 0.25) is 0 Å². The lowest BCUT2D eigenvalue weighted by atomic mass is 10.4. The van der Waals surface area contributed by atoms with Crippen molar-refractivity contribution in [2.45, 2.75) is 13.0 Å². The van der Waals surface area contributed by atoms with Gasteiger partial charge in [-0.25, -0.2) is 0 Å². The number of hydrogen-bond acceptors (Lipinski definition) is 2. The van der Waals surface area contributed by atoms with E-state index in [4.69, 9.17) is 9.22 Å². The predicted molar refractivity (Wildman–Crippen MR) is 31.5 cm³/mol. The van der Waals surface area contributed by atoms with E-state index < -0.39 is 10.0 Å². The highest BCUT2D eigenvalue weighted by molar-refractivity contribution is 6.15. The smallest absolute Gasteiger partial charge is 0.302 e. The van der Waals surface area contributed by atoms with Crippen LogP contribution in [0, 0.1) is 0 Å². The maximum Gasteiger partial charge on any atom is 0.302 e. The monoisotopic (exact) mass is 118 g/mol. The molecule has 42 valence electrons. The Morgan fingerprint density at radius 2 is 2.57 bits per heavy atom. The Morgan fingerprint density at radius 3 is 2.71 bits per heavy atom. The van der Waals surface area contributed by atoms with E-state index in [0.29, 0.717) is 0 Å². The minimum Gasteiger partial charge on any atom is -0.415 e. The van der Waals surface area contributed by atoms with Crippen molar-refractivity contribution in [3.63, 3.8) is 0 Å². The summed E-state index contributed by atoms with van der Waals surface area (Å²) in [7, 11) is -1.22. The molecule has 0 amide bonds. The molecular formula is C4H10O2Si. The highest BCUT2D eigenvalue weighted by atomic mass is 28.2. The lowest BCUT2D eigenvalue weighted by molar-refractivity contribution is 0.243. The average molecular weight is 118 g/mol. The summed E-state index contributed by atoms with van der Waals surface area (Å²) < 4.78 is 4.77. The van der Waals surface area contributed by atoms with Gasteiger partial charge in [0.05, 0.1) is 6.10 Å². The zero-order valence-corrected chi connectivity index (χ0v) is 5.84. The highest BCUT2D eigenvalue weighted by Gasteiger charge is 1.89. The molecule has 3 heteroatoms. The van der Waals surface area contributed by atoms with E-state index in [9.17, 15) is 0 Å². The fourth-order valence-corrected chi connectivity index (χ4v) is 0.557. The Bertz CT molecular complexity index is 55.7. The van der Waals surface area contributed by atoms with Gasteiger partial charge in [-0.15, -0.1) is 6.58 Å². The van der Waals surface area contributed by atoms with Gasteiger partial charge in [-0.1, -0.05) is 6.08 Å². The number of hydrogen-bond donors (Lipinski definition) is 1. The molecule has 1 N–H and O–H groups in total. The first-order valence-electron chi connectivity index (χ1n) is 2.16. The SMILES string of the molecule is C=CC(C)O[SiH2]O. The molecule has 0 rings (SSSR count). The van der Waals surface area contributed by atoms with Crippen LogP contribution in [-0.2, 0) is 4.43 Å². The van der Waals surface area contributed by atoms with Crippen LogP contribution >= 0.6 is 0 Å². The zero-order valence-electron chi connectivity index (χ0n) is 4.42. The molecule has 7 heavy (non-hydrogen) atoms. The molecule has 1 atom stereocenters. The Morgan fingerprint density at radius 1 is 2.00 bits per heavy atom. The first kappa shape index (κ1) is 6.88. The molecule has 0 aliphatic rings. The van der Waals surface area contributed by atoms with Crippen molar-refractivity contribution in [2.75, 3.05) is 0 Å². The van der Waals surface area contributed by atoms with Crippen molar-refractivity contribution in [1.29, 1.82) is 0 Å². The van der Waals surface area contributed by atoms with E-state index in [2.05, 4.69) is 6.58 Å². The van der Waals surface area contributed by atoms with Crippen molar-refractivity contribution in [2.24, 2.45) is 0 Å². The van der Waals surface area contributed by atoms with Crippen LogP contribution in [0.4, 0.5) is 0 Å². The topological polar surface area (TPSA) is 29.5 Å². The van der Waals surface area contributed by atoms with Gasteiger partial charge in [0.2, 0.25) is 0 Å². The second kappa shape index (κ2) is 4.05. The van der Waals surface area contributed by atoms with Crippen molar-refractivity contribution < 1.29 is 9.22 Å². The molecule has 0 aliphatic carbocycles. The van der Waals surface area contributed by atoms with Crippen LogP contribution in [0.5, 0.6) is 0 Å². The van der Waals surface area contributed by atoms with E-state index in [0.717, 1.165) is 0 Å². The summed E-state index contributed by atoms with van der Waals surface area (Å²) in [6, 6.07) is 0. The molecule has 0 fully saturated rings. The summed E-state index contributed by atoms with van der Waals surface area (Å²) in [6.45, 7) is 5.31. The standard InChI is InChI=1S/C4H10O2Si/c1-3-4(2)6-7-5/h3-5H,1,7H2,2H3. The Hall–Kier alpha value is -0.123. The van der Waals surface area contributed by atoms with Crippen LogP contribution in [0.3, 0.4) is 0 Å². The van der Waals surface area contributed by atoms with Crippen LogP contribution in [0.25, 0.3) is 0 Å². The largest absolute Gasteiger partial charge is 0.415 e. The maximum atomic E-state index is 8.24. The maximum absolute atomic E-state index is 8.24. The normalized spacial score (nSPS) is 15.1. The third kappa shape index (κ3) is 3.71. The minimum atomic E-state index is -1.22. The van der Waals surface area contributed by atoms with Crippen molar-refractivity contribution >= 4 is 10.0 Å². The zero-order chi connectivity index (χ0) is 5.70. The fraction of sp³-hybridized carbons (Fsp3) is 0.500. The molecule has 1 unspecified atom stereocenters. The second-order valence-corrected chi connectivity index (χ2v) is 1.83. The highest BCUT2D eigenvalue weighted by Crippen LogP contribution is 1.85. The first-order valence-corrected chi connectivity index (χ1v) is 3.37. The fourth-order valence-electron chi connectivity index (χ4n) is 0.186. The molecule has 0 saturated heterocycles. The first-order chi connectivity index (χ1) is 3.31. The van der Waals surface area contributed by atoms with Gasteiger partial charge in [0.15, 0.2) is 0 Å². The molecule has 0 radical (unpaired) electrons. The Labute approximate surface area is 45.9 Å². The molecule has 0 aromatic rings. The molecule has 0 bridgehead atoms. The van der Waals surface area contributed by atoms with E-state index >= 15 is 0 Å². The van der Waals surface area contributed by atoms with Crippen molar-refractivity contribution in [3.8, 4) is 0 Å². The van der Waals surface area contributed by atoms with Gasteiger partial charge >= 0.3 is 10.0 Å².